The first kappa shape index (κ1) is 26.4. The van der Waals surface area contributed by atoms with Crippen molar-refractivity contribution in [2.45, 2.75) is 65.3 Å². The van der Waals surface area contributed by atoms with Gasteiger partial charge < -0.3 is 25.4 Å². The average molecular weight is 537 g/mol. The molecule has 2 rings (SSSR count). The molecule has 2 heterocycles. The van der Waals surface area contributed by atoms with Gasteiger partial charge >= 0.3 is 6.09 Å². The zero-order valence-corrected chi connectivity index (χ0v) is 20.9. The number of carbonyl (C=O) groups is 1. The first-order chi connectivity index (χ1) is 13.9. The maximum Gasteiger partial charge on any atom is 0.407 e. The van der Waals surface area contributed by atoms with E-state index in [2.05, 4.69) is 44.9 Å². The summed E-state index contributed by atoms with van der Waals surface area (Å²) in [4.78, 5) is 20.6. The SMILES string of the molecule is CCOC(=O)NC(CNC(=NC)NC1CCc2nc(COC)nn2C1)CC(C)C.I. The number of alkyl carbamates (subject to hydrolysis) is 1. The highest BCUT2D eigenvalue weighted by atomic mass is 127. The molecule has 1 amide bonds. The molecule has 0 spiro atoms. The van der Waals surface area contributed by atoms with E-state index in [-0.39, 0.29) is 42.2 Å². The summed E-state index contributed by atoms with van der Waals surface area (Å²) in [5.41, 5.74) is 0. The maximum atomic E-state index is 11.8. The maximum absolute atomic E-state index is 11.8. The molecule has 10 nitrogen and oxygen atoms in total. The summed E-state index contributed by atoms with van der Waals surface area (Å²) in [7, 11) is 3.38. The number of amides is 1. The summed E-state index contributed by atoms with van der Waals surface area (Å²) in [5.74, 6) is 2.86. The van der Waals surface area contributed by atoms with E-state index in [0.717, 1.165) is 31.6 Å². The van der Waals surface area contributed by atoms with Gasteiger partial charge in [0.1, 0.15) is 12.4 Å². The van der Waals surface area contributed by atoms with Crippen LogP contribution in [0.4, 0.5) is 4.79 Å². The highest BCUT2D eigenvalue weighted by Crippen LogP contribution is 2.13. The predicted octanol–water partition coefficient (Wildman–Crippen LogP) is 1.68. The lowest BCUT2D eigenvalue weighted by Gasteiger charge is -2.27. The first-order valence-corrected chi connectivity index (χ1v) is 10.3. The fourth-order valence-electron chi connectivity index (χ4n) is 3.38. The normalized spacial score (nSPS) is 17.0. The summed E-state index contributed by atoms with van der Waals surface area (Å²) in [6.45, 7) is 8.12. The van der Waals surface area contributed by atoms with Gasteiger partial charge in [-0.05, 0) is 25.7 Å². The summed E-state index contributed by atoms with van der Waals surface area (Å²) in [6.07, 6.45) is 2.26. The number of nitrogens with zero attached hydrogens (tertiary/aromatic N) is 4. The van der Waals surface area contributed by atoms with Crippen LogP contribution in [0.3, 0.4) is 0 Å². The fraction of sp³-hybridized carbons (Fsp3) is 0.789. The van der Waals surface area contributed by atoms with Crippen molar-refractivity contribution < 1.29 is 14.3 Å². The van der Waals surface area contributed by atoms with Crippen LogP contribution in [-0.4, -0.2) is 66.2 Å². The molecule has 1 aliphatic heterocycles. The minimum atomic E-state index is -0.388. The Morgan fingerprint density at radius 3 is 2.80 bits per heavy atom. The van der Waals surface area contributed by atoms with Crippen LogP contribution in [0.5, 0.6) is 0 Å². The molecule has 0 bridgehead atoms. The van der Waals surface area contributed by atoms with Crippen molar-refractivity contribution in [3.8, 4) is 0 Å². The predicted molar refractivity (Wildman–Crippen MR) is 126 cm³/mol. The molecule has 0 aliphatic carbocycles. The summed E-state index contributed by atoms with van der Waals surface area (Å²) < 4.78 is 12.1. The van der Waals surface area contributed by atoms with E-state index in [0.29, 0.717) is 37.5 Å². The summed E-state index contributed by atoms with van der Waals surface area (Å²) >= 11 is 0. The third-order valence-electron chi connectivity index (χ3n) is 4.61. The smallest absolute Gasteiger partial charge is 0.407 e. The molecule has 172 valence electrons. The standard InChI is InChI=1S/C19H35N7O3.HI/c1-6-29-19(27)23-15(9-13(2)3)10-21-18(20-4)22-14-7-8-17-24-16(12-28-5)25-26(17)11-14;/h13-15H,6-12H2,1-5H3,(H,23,27)(H2,20,21,22);1H. The van der Waals surface area contributed by atoms with Gasteiger partial charge in [-0.2, -0.15) is 5.10 Å². The molecule has 3 N–H and O–H groups in total. The lowest BCUT2D eigenvalue weighted by molar-refractivity contribution is 0.146. The zero-order chi connectivity index (χ0) is 21.2. The Balaban J connectivity index is 0.00000450. The molecule has 2 unspecified atom stereocenters. The van der Waals surface area contributed by atoms with E-state index in [4.69, 9.17) is 9.47 Å². The number of halogens is 1. The molecular formula is C19H36IN7O3. The van der Waals surface area contributed by atoms with Gasteiger partial charge in [0, 0.05) is 39.2 Å². The van der Waals surface area contributed by atoms with Crippen molar-refractivity contribution in [1.82, 2.24) is 30.7 Å². The molecule has 0 saturated heterocycles. The second-order valence-electron chi connectivity index (χ2n) is 7.58. The minimum Gasteiger partial charge on any atom is -0.450 e. The first-order valence-electron chi connectivity index (χ1n) is 10.3. The molecule has 0 aromatic carbocycles. The van der Waals surface area contributed by atoms with Gasteiger partial charge in [-0.15, -0.1) is 24.0 Å². The van der Waals surface area contributed by atoms with Crippen LogP contribution in [-0.2, 0) is 29.0 Å². The fourth-order valence-corrected chi connectivity index (χ4v) is 3.38. The van der Waals surface area contributed by atoms with Crippen molar-refractivity contribution in [2.75, 3.05) is 27.3 Å². The minimum absolute atomic E-state index is 0. The molecule has 1 aliphatic rings. The van der Waals surface area contributed by atoms with Gasteiger partial charge in [-0.25, -0.2) is 14.5 Å². The molecule has 0 radical (unpaired) electrons. The third kappa shape index (κ3) is 8.62. The van der Waals surface area contributed by atoms with Gasteiger partial charge in [0.15, 0.2) is 11.8 Å². The van der Waals surface area contributed by atoms with Crippen LogP contribution in [0.1, 0.15) is 45.3 Å². The Morgan fingerprint density at radius 1 is 1.40 bits per heavy atom. The molecule has 2 atom stereocenters. The Labute approximate surface area is 196 Å². The second kappa shape index (κ2) is 13.6. The van der Waals surface area contributed by atoms with E-state index in [1.54, 1.807) is 21.1 Å². The molecule has 0 fully saturated rings. The van der Waals surface area contributed by atoms with E-state index in [1.165, 1.54) is 0 Å². The number of fused-ring (bicyclic) bond motifs is 1. The number of aryl methyl sites for hydroxylation is 1. The van der Waals surface area contributed by atoms with Crippen LogP contribution in [0.2, 0.25) is 0 Å². The number of rotatable bonds is 9. The lowest BCUT2D eigenvalue weighted by Crippen LogP contribution is -2.51. The second-order valence-corrected chi connectivity index (χ2v) is 7.58. The summed E-state index contributed by atoms with van der Waals surface area (Å²) in [6, 6.07) is 0.157. The monoisotopic (exact) mass is 537 g/mol. The summed E-state index contributed by atoms with van der Waals surface area (Å²) in [5, 5.41) is 14.2. The number of aliphatic imine (C=N–C) groups is 1. The number of nitrogens with one attached hydrogen (secondary N) is 3. The van der Waals surface area contributed by atoms with Gasteiger partial charge in [0.2, 0.25) is 0 Å². The van der Waals surface area contributed by atoms with Crippen molar-refractivity contribution in [3.63, 3.8) is 0 Å². The van der Waals surface area contributed by atoms with E-state index in [1.807, 2.05) is 4.68 Å². The molecule has 30 heavy (non-hydrogen) atoms. The zero-order valence-electron chi connectivity index (χ0n) is 18.6. The topological polar surface area (TPSA) is 115 Å². The van der Waals surface area contributed by atoms with Gasteiger partial charge in [0.05, 0.1) is 13.2 Å². The Kier molecular flexibility index (Phi) is 12.0. The molecular weight excluding hydrogens is 501 g/mol. The number of methoxy groups -OCH3 is 1. The quantitative estimate of drug-likeness (QED) is 0.250. The van der Waals surface area contributed by atoms with Gasteiger partial charge in [-0.3, -0.25) is 4.99 Å². The van der Waals surface area contributed by atoms with Crippen LogP contribution >= 0.6 is 24.0 Å². The molecule has 1 aromatic heterocycles. The third-order valence-corrected chi connectivity index (χ3v) is 4.61. The highest BCUT2D eigenvalue weighted by molar-refractivity contribution is 14.0. The average Bonchev–Trinajstić information content (AvgIpc) is 3.06. The largest absolute Gasteiger partial charge is 0.450 e. The van der Waals surface area contributed by atoms with Crippen LogP contribution in [0.25, 0.3) is 0 Å². The van der Waals surface area contributed by atoms with Crippen molar-refractivity contribution in [3.05, 3.63) is 11.6 Å². The molecule has 1 aromatic rings. The van der Waals surface area contributed by atoms with Crippen LogP contribution < -0.4 is 16.0 Å². The van der Waals surface area contributed by atoms with E-state index in [9.17, 15) is 4.79 Å². The van der Waals surface area contributed by atoms with Crippen molar-refractivity contribution >= 4 is 36.0 Å². The van der Waals surface area contributed by atoms with E-state index >= 15 is 0 Å². The Hall–Kier alpha value is -1.63. The van der Waals surface area contributed by atoms with E-state index < -0.39 is 0 Å². The van der Waals surface area contributed by atoms with Crippen LogP contribution in [0, 0.1) is 5.92 Å². The number of carbonyl (C=O) groups excluding carboxylic acids is 1. The number of aromatic nitrogens is 3. The Morgan fingerprint density at radius 2 is 2.17 bits per heavy atom. The number of ether oxygens (including phenoxy) is 2. The number of hydrogen-bond acceptors (Lipinski definition) is 6. The lowest BCUT2D eigenvalue weighted by atomic mass is 10.0. The highest BCUT2D eigenvalue weighted by Gasteiger charge is 2.23. The number of guanidine groups is 1. The van der Waals surface area contributed by atoms with Gasteiger partial charge in [-0.1, -0.05) is 13.8 Å². The number of hydrogen-bond donors (Lipinski definition) is 3. The van der Waals surface area contributed by atoms with Crippen molar-refractivity contribution in [2.24, 2.45) is 10.9 Å². The Bertz CT molecular complexity index is 681. The molecule has 11 heteroatoms. The van der Waals surface area contributed by atoms with Crippen molar-refractivity contribution in [1.29, 1.82) is 0 Å². The molecule has 0 saturated carbocycles. The van der Waals surface area contributed by atoms with Crippen LogP contribution in [0.15, 0.2) is 4.99 Å². The van der Waals surface area contributed by atoms with Gasteiger partial charge in [0.25, 0.3) is 0 Å².